The molecule has 8 nitrogen and oxygen atoms in total. The molecule has 1 fully saturated rings. The highest BCUT2D eigenvalue weighted by Gasteiger charge is 2.22. The zero-order chi connectivity index (χ0) is 21.2. The Bertz CT molecular complexity index is 1170. The van der Waals surface area contributed by atoms with E-state index < -0.39 is 0 Å². The van der Waals surface area contributed by atoms with Gasteiger partial charge in [0.25, 0.3) is 0 Å². The van der Waals surface area contributed by atoms with Crippen LogP contribution in [0.1, 0.15) is 0 Å². The fourth-order valence-electron chi connectivity index (χ4n) is 3.97. The standard InChI is InChI=1S/C23H24N6O2/c1-30-19-7-3-17(4-8-19)27-11-13-28(14-12-27)22-21-15-26-29(23(21)25-16-24-22)18-5-9-20(31-2)10-6-18/h3-10,15-16H,11-14H2,1-2H3. The lowest BCUT2D eigenvalue weighted by Gasteiger charge is -2.36. The van der Waals surface area contributed by atoms with Gasteiger partial charge in [0.2, 0.25) is 0 Å². The second-order valence-electron chi connectivity index (χ2n) is 7.36. The lowest BCUT2D eigenvalue weighted by molar-refractivity contribution is 0.414. The Morgan fingerprint density at radius 1 is 0.710 bits per heavy atom. The minimum absolute atomic E-state index is 0.799. The lowest BCUT2D eigenvalue weighted by Crippen LogP contribution is -2.46. The molecule has 1 aliphatic rings. The Morgan fingerprint density at radius 3 is 1.90 bits per heavy atom. The molecule has 8 heteroatoms. The van der Waals surface area contributed by atoms with Crippen LogP contribution in [0, 0.1) is 0 Å². The van der Waals surface area contributed by atoms with Crippen LogP contribution in [0.25, 0.3) is 16.7 Å². The van der Waals surface area contributed by atoms with Gasteiger partial charge in [-0.25, -0.2) is 14.6 Å². The predicted octanol–water partition coefficient (Wildman–Crippen LogP) is 3.16. The molecule has 0 radical (unpaired) electrons. The Balaban J connectivity index is 1.36. The summed E-state index contributed by atoms with van der Waals surface area (Å²) in [6, 6.07) is 16.0. The number of rotatable bonds is 5. The van der Waals surface area contributed by atoms with Gasteiger partial charge in [0.05, 0.1) is 31.5 Å². The van der Waals surface area contributed by atoms with E-state index in [1.165, 1.54) is 5.69 Å². The van der Waals surface area contributed by atoms with Crippen molar-refractivity contribution in [2.75, 3.05) is 50.2 Å². The smallest absolute Gasteiger partial charge is 0.168 e. The zero-order valence-corrected chi connectivity index (χ0v) is 17.6. The summed E-state index contributed by atoms with van der Waals surface area (Å²) in [5.74, 6) is 2.61. The molecule has 1 aliphatic heterocycles. The highest BCUT2D eigenvalue weighted by Crippen LogP contribution is 2.27. The summed E-state index contributed by atoms with van der Waals surface area (Å²) in [6.07, 6.45) is 3.47. The van der Waals surface area contributed by atoms with Crippen LogP contribution in [0.5, 0.6) is 11.5 Å². The number of hydrogen-bond donors (Lipinski definition) is 0. The molecule has 4 aromatic rings. The molecule has 0 N–H and O–H groups in total. The number of fused-ring (bicyclic) bond motifs is 1. The fraction of sp³-hybridized carbons (Fsp3) is 0.261. The first-order chi connectivity index (χ1) is 15.3. The minimum atomic E-state index is 0.799. The van der Waals surface area contributed by atoms with Crippen molar-refractivity contribution < 1.29 is 9.47 Å². The molecule has 31 heavy (non-hydrogen) atoms. The van der Waals surface area contributed by atoms with Crippen LogP contribution >= 0.6 is 0 Å². The van der Waals surface area contributed by atoms with Gasteiger partial charge >= 0.3 is 0 Å². The molecule has 0 saturated carbocycles. The Labute approximate surface area is 180 Å². The summed E-state index contributed by atoms with van der Waals surface area (Å²) in [7, 11) is 3.35. The first-order valence-corrected chi connectivity index (χ1v) is 10.2. The second-order valence-corrected chi connectivity index (χ2v) is 7.36. The quantitative estimate of drug-likeness (QED) is 0.495. The van der Waals surface area contributed by atoms with Crippen LogP contribution < -0.4 is 19.3 Å². The molecule has 0 bridgehead atoms. The van der Waals surface area contributed by atoms with Crippen LogP contribution in [-0.2, 0) is 0 Å². The van der Waals surface area contributed by atoms with Crippen molar-refractivity contribution >= 4 is 22.5 Å². The molecule has 0 spiro atoms. The maximum Gasteiger partial charge on any atom is 0.168 e. The summed E-state index contributed by atoms with van der Waals surface area (Å²) in [5, 5.41) is 5.53. The second kappa shape index (κ2) is 8.14. The number of nitrogens with zero attached hydrogens (tertiary/aromatic N) is 6. The first kappa shape index (κ1) is 19.2. The van der Waals surface area contributed by atoms with E-state index in [9.17, 15) is 0 Å². The van der Waals surface area contributed by atoms with E-state index in [4.69, 9.17) is 9.47 Å². The minimum Gasteiger partial charge on any atom is -0.497 e. The average Bonchev–Trinajstić information content (AvgIpc) is 3.29. The maximum atomic E-state index is 5.26. The summed E-state index contributed by atoms with van der Waals surface area (Å²) in [5.41, 5.74) is 2.94. The summed E-state index contributed by atoms with van der Waals surface area (Å²) >= 11 is 0. The molecule has 5 rings (SSSR count). The van der Waals surface area contributed by atoms with Gasteiger partial charge in [-0.3, -0.25) is 0 Å². The molecule has 2 aromatic carbocycles. The van der Waals surface area contributed by atoms with Crippen LogP contribution in [0.15, 0.2) is 61.1 Å². The number of anilines is 2. The van der Waals surface area contributed by atoms with E-state index in [1.807, 2.05) is 47.3 Å². The number of aromatic nitrogens is 4. The van der Waals surface area contributed by atoms with E-state index >= 15 is 0 Å². The summed E-state index contributed by atoms with van der Waals surface area (Å²) in [6.45, 7) is 3.60. The number of benzene rings is 2. The van der Waals surface area contributed by atoms with Crippen molar-refractivity contribution in [2.24, 2.45) is 0 Å². The van der Waals surface area contributed by atoms with Gasteiger partial charge in [-0.05, 0) is 48.5 Å². The highest BCUT2D eigenvalue weighted by molar-refractivity contribution is 5.87. The maximum absolute atomic E-state index is 5.26. The Hall–Kier alpha value is -3.81. The molecular weight excluding hydrogens is 392 g/mol. The Kier molecular flexibility index (Phi) is 5.03. The van der Waals surface area contributed by atoms with Crippen molar-refractivity contribution in [2.45, 2.75) is 0 Å². The van der Waals surface area contributed by atoms with E-state index in [0.717, 1.165) is 60.2 Å². The van der Waals surface area contributed by atoms with Crippen molar-refractivity contribution in [1.82, 2.24) is 19.7 Å². The monoisotopic (exact) mass is 416 g/mol. The highest BCUT2D eigenvalue weighted by atomic mass is 16.5. The van der Waals surface area contributed by atoms with Crippen LogP contribution in [0.4, 0.5) is 11.5 Å². The van der Waals surface area contributed by atoms with Crippen molar-refractivity contribution in [1.29, 1.82) is 0 Å². The molecule has 0 atom stereocenters. The largest absolute Gasteiger partial charge is 0.497 e. The molecule has 1 saturated heterocycles. The van der Waals surface area contributed by atoms with Crippen LogP contribution in [0.3, 0.4) is 0 Å². The first-order valence-electron chi connectivity index (χ1n) is 10.2. The molecule has 0 aliphatic carbocycles. The van der Waals surface area contributed by atoms with E-state index in [1.54, 1.807) is 20.5 Å². The lowest BCUT2D eigenvalue weighted by atomic mass is 10.2. The Morgan fingerprint density at radius 2 is 1.29 bits per heavy atom. The summed E-state index contributed by atoms with van der Waals surface area (Å²) in [4.78, 5) is 13.8. The zero-order valence-electron chi connectivity index (χ0n) is 17.6. The van der Waals surface area contributed by atoms with Crippen molar-refractivity contribution in [3.8, 4) is 17.2 Å². The van der Waals surface area contributed by atoms with Crippen LogP contribution in [-0.4, -0.2) is 60.1 Å². The molecule has 3 heterocycles. The fourth-order valence-corrected chi connectivity index (χ4v) is 3.97. The third-order valence-electron chi connectivity index (χ3n) is 5.68. The van der Waals surface area contributed by atoms with Crippen LogP contribution in [0.2, 0.25) is 0 Å². The molecule has 0 amide bonds. The van der Waals surface area contributed by atoms with E-state index in [2.05, 4.69) is 37.0 Å². The third-order valence-corrected chi connectivity index (χ3v) is 5.68. The number of hydrogen-bond acceptors (Lipinski definition) is 7. The van der Waals surface area contributed by atoms with Gasteiger partial charge in [0.1, 0.15) is 23.6 Å². The number of ether oxygens (including phenoxy) is 2. The molecule has 0 unspecified atom stereocenters. The SMILES string of the molecule is COc1ccc(N2CCN(c3ncnc4c3cnn4-c3ccc(OC)cc3)CC2)cc1. The molecule has 2 aromatic heterocycles. The third kappa shape index (κ3) is 3.61. The van der Waals surface area contributed by atoms with Gasteiger partial charge in [-0.2, -0.15) is 5.10 Å². The van der Waals surface area contributed by atoms with Crippen molar-refractivity contribution in [3.63, 3.8) is 0 Å². The van der Waals surface area contributed by atoms with Gasteiger partial charge in [0, 0.05) is 31.9 Å². The normalized spacial score (nSPS) is 14.1. The molecular formula is C23H24N6O2. The van der Waals surface area contributed by atoms with Gasteiger partial charge < -0.3 is 19.3 Å². The van der Waals surface area contributed by atoms with Crippen molar-refractivity contribution in [3.05, 3.63) is 61.1 Å². The number of methoxy groups -OCH3 is 2. The van der Waals surface area contributed by atoms with Gasteiger partial charge in [-0.1, -0.05) is 0 Å². The van der Waals surface area contributed by atoms with Gasteiger partial charge in [0.15, 0.2) is 5.65 Å². The van der Waals surface area contributed by atoms with E-state index in [0.29, 0.717) is 0 Å². The number of piperazine rings is 1. The predicted molar refractivity (Wildman–Crippen MR) is 121 cm³/mol. The topological polar surface area (TPSA) is 68.5 Å². The average molecular weight is 416 g/mol. The van der Waals surface area contributed by atoms with E-state index in [-0.39, 0.29) is 0 Å². The van der Waals surface area contributed by atoms with Gasteiger partial charge in [-0.15, -0.1) is 0 Å². The molecule has 158 valence electrons. The summed E-state index contributed by atoms with van der Waals surface area (Å²) < 4.78 is 12.4.